The number of halogens is 1. The minimum atomic E-state index is -0.464. The minimum Gasteiger partial charge on any atom is -0.387 e. The zero-order valence-electron chi connectivity index (χ0n) is 11.3. The summed E-state index contributed by atoms with van der Waals surface area (Å²) in [5.41, 5.74) is 0.925. The van der Waals surface area contributed by atoms with Crippen molar-refractivity contribution in [3.8, 4) is 0 Å². The molecule has 1 rings (SSSR count). The summed E-state index contributed by atoms with van der Waals surface area (Å²) in [7, 11) is 0. The van der Waals surface area contributed by atoms with Crippen molar-refractivity contribution in [2.24, 2.45) is 0 Å². The second-order valence-corrected chi connectivity index (χ2v) is 5.11. The standard InChI is InChI=1S/C15H24ClNO/c1-3-5-6-11-17-14(4-2)15(18)12-7-9-13(16)10-8-12/h7-10,14-15,17-18H,3-6,11H2,1-2H3. The molecule has 0 aromatic heterocycles. The average Bonchev–Trinajstić information content (AvgIpc) is 2.39. The highest BCUT2D eigenvalue weighted by Gasteiger charge is 2.18. The Morgan fingerprint density at radius 2 is 1.83 bits per heavy atom. The first-order chi connectivity index (χ1) is 8.69. The Bertz CT molecular complexity index is 326. The summed E-state index contributed by atoms with van der Waals surface area (Å²) in [5, 5.41) is 14.5. The van der Waals surface area contributed by atoms with Crippen LogP contribution in [-0.2, 0) is 0 Å². The molecule has 2 nitrogen and oxygen atoms in total. The Hall–Kier alpha value is -0.570. The van der Waals surface area contributed by atoms with Crippen LogP contribution >= 0.6 is 11.6 Å². The van der Waals surface area contributed by atoms with Crippen LogP contribution in [0.2, 0.25) is 5.02 Å². The Morgan fingerprint density at radius 1 is 1.17 bits per heavy atom. The van der Waals surface area contributed by atoms with Gasteiger partial charge in [-0.05, 0) is 37.1 Å². The summed E-state index contributed by atoms with van der Waals surface area (Å²) in [6, 6.07) is 7.55. The van der Waals surface area contributed by atoms with E-state index in [4.69, 9.17) is 11.6 Å². The van der Waals surface area contributed by atoms with E-state index < -0.39 is 6.10 Å². The molecule has 1 aromatic rings. The summed E-state index contributed by atoms with van der Waals surface area (Å²) in [4.78, 5) is 0. The zero-order chi connectivity index (χ0) is 13.4. The molecule has 0 saturated heterocycles. The Labute approximate surface area is 115 Å². The SMILES string of the molecule is CCCCCNC(CC)C(O)c1ccc(Cl)cc1. The van der Waals surface area contributed by atoms with Crippen molar-refractivity contribution in [2.75, 3.05) is 6.54 Å². The molecule has 0 fully saturated rings. The molecule has 0 aliphatic heterocycles. The maximum absolute atomic E-state index is 10.3. The molecule has 0 amide bonds. The third kappa shape index (κ3) is 4.97. The van der Waals surface area contributed by atoms with Gasteiger partial charge >= 0.3 is 0 Å². The molecule has 18 heavy (non-hydrogen) atoms. The predicted molar refractivity (Wildman–Crippen MR) is 78.0 cm³/mol. The van der Waals surface area contributed by atoms with E-state index >= 15 is 0 Å². The Kier molecular flexibility index (Phi) is 7.33. The smallest absolute Gasteiger partial charge is 0.0942 e. The van der Waals surface area contributed by atoms with E-state index in [0.717, 1.165) is 18.5 Å². The second kappa shape index (κ2) is 8.52. The molecule has 0 bridgehead atoms. The maximum Gasteiger partial charge on any atom is 0.0942 e. The van der Waals surface area contributed by atoms with E-state index in [1.807, 2.05) is 24.3 Å². The number of hydrogen-bond acceptors (Lipinski definition) is 2. The van der Waals surface area contributed by atoms with Crippen LogP contribution in [0.3, 0.4) is 0 Å². The van der Waals surface area contributed by atoms with E-state index in [1.165, 1.54) is 19.3 Å². The van der Waals surface area contributed by atoms with Crippen LogP contribution in [0.4, 0.5) is 0 Å². The summed E-state index contributed by atoms with van der Waals surface area (Å²) < 4.78 is 0. The molecule has 0 aliphatic rings. The Balaban J connectivity index is 2.50. The highest BCUT2D eigenvalue weighted by Crippen LogP contribution is 2.21. The van der Waals surface area contributed by atoms with Gasteiger partial charge in [-0.25, -0.2) is 0 Å². The third-order valence-electron chi connectivity index (χ3n) is 3.22. The van der Waals surface area contributed by atoms with Crippen LogP contribution in [0.25, 0.3) is 0 Å². The molecule has 0 radical (unpaired) electrons. The Morgan fingerprint density at radius 3 is 2.39 bits per heavy atom. The first-order valence-corrected chi connectivity index (χ1v) is 7.23. The normalized spacial score (nSPS) is 14.4. The topological polar surface area (TPSA) is 32.3 Å². The summed E-state index contributed by atoms with van der Waals surface area (Å²) >= 11 is 5.85. The number of unbranched alkanes of at least 4 members (excludes halogenated alkanes) is 2. The van der Waals surface area contributed by atoms with Gasteiger partial charge in [-0.15, -0.1) is 0 Å². The van der Waals surface area contributed by atoms with Gasteiger partial charge in [0.1, 0.15) is 0 Å². The molecule has 2 N–H and O–H groups in total. The van der Waals surface area contributed by atoms with Crippen molar-refractivity contribution < 1.29 is 5.11 Å². The van der Waals surface area contributed by atoms with Crippen LogP contribution in [-0.4, -0.2) is 17.7 Å². The predicted octanol–water partition coefficient (Wildman–Crippen LogP) is 3.93. The second-order valence-electron chi connectivity index (χ2n) is 4.67. The van der Waals surface area contributed by atoms with E-state index in [1.54, 1.807) is 0 Å². The maximum atomic E-state index is 10.3. The quantitative estimate of drug-likeness (QED) is 0.701. The first kappa shape index (κ1) is 15.5. The van der Waals surface area contributed by atoms with Gasteiger partial charge in [0, 0.05) is 11.1 Å². The summed E-state index contributed by atoms with van der Waals surface area (Å²) in [6.45, 7) is 5.26. The average molecular weight is 270 g/mol. The van der Waals surface area contributed by atoms with E-state index in [9.17, 15) is 5.11 Å². The molecule has 0 spiro atoms. The highest BCUT2D eigenvalue weighted by molar-refractivity contribution is 6.30. The molecule has 102 valence electrons. The van der Waals surface area contributed by atoms with Crippen molar-refractivity contribution in [1.82, 2.24) is 5.32 Å². The number of aliphatic hydroxyl groups is 1. The molecule has 1 aromatic carbocycles. The monoisotopic (exact) mass is 269 g/mol. The van der Waals surface area contributed by atoms with Crippen LogP contribution in [0.5, 0.6) is 0 Å². The molecule has 2 unspecified atom stereocenters. The van der Waals surface area contributed by atoms with E-state index in [2.05, 4.69) is 19.2 Å². The van der Waals surface area contributed by atoms with Gasteiger partial charge in [0.05, 0.1) is 6.10 Å². The fraction of sp³-hybridized carbons (Fsp3) is 0.600. The van der Waals surface area contributed by atoms with Gasteiger partial charge in [-0.3, -0.25) is 0 Å². The van der Waals surface area contributed by atoms with Crippen molar-refractivity contribution in [3.05, 3.63) is 34.9 Å². The number of rotatable bonds is 8. The lowest BCUT2D eigenvalue weighted by atomic mass is 10.00. The van der Waals surface area contributed by atoms with Gasteiger partial charge in [0.25, 0.3) is 0 Å². The van der Waals surface area contributed by atoms with Crippen molar-refractivity contribution >= 4 is 11.6 Å². The molecule has 0 saturated carbocycles. The lowest BCUT2D eigenvalue weighted by molar-refractivity contribution is 0.126. The molecular formula is C15H24ClNO. The summed E-state index contributed by atoms with van der Waals surface area (Å²) in [6.07, 6.45) is 4.07. The molecule has 3 heteroatoms. The van der Waals surface area contributed by atoms with Crippen molar-refractivity contribution in [3.63, 3.8) is 0 Å². The van der Waals surface area contributed by atoms with Crippen LogP contribution in [0.15, 0.2) is 24.3 Å². The van der Waals surface area contributed by atoms with Gasteiger partial charge in [0.2, 0.25) is 0 Å². The van der Waals surface area contributed by atoms with Crippen molar-refractivity contribution in [2.45, 2.75) is 51.7 Å². The fourth-order valence-electron chi connectivity index (χ4n) is 2.03. The first-order valence-electron chi connectivity index (χ1n) is 6.86. The zero-order valence-corrected chi connectivity index (χ0v) is 12.1. The minimum absolute atomic E-state index is 0.114. The highest BCUT2D eigenvalue weighted by atomic mass is 35.5. The lowest BCUT2D eigenvalue weighted by Crippen LogP contribution is -2.35. The van der Waals surface area contributed by atoms with Crippen LogP contribution in [0.1, 0.15) is 51.2 Å². The number of hydrogen-bond donors (Lipinski definition) is 2. The van der Waals surface area contributed by atoms with Gasteiger partial charge in [-0.1, -0.05) is 50.4 Å². The number of nitrogens with one attached hydrogen (secondary N) is 1. The summed E-state index contributed by atoms with van der Waals surface area (Å²) in [5.74, 6) is 0. The number of benzene rings is 1. The number of aliphatic hydroxyl groups excluding tert-OH is 1. The van der Waals surface area contributed by atoms with Gasteiger partial charge in [-0.2, -0.15) is 0 Å². The van der Waals surface area contributed by atoms with Crippen molar-refractivity contribution in [1.29, 1.82) is 0 Å². The molecular weight excluding hydrogens is 246 g/mol. The van der Waals surface area contributed by atoms with Crippen LogP contribution < -0.4 is 5.32 Å². The van der Waals surface area contributed by atoms with Crippen LogP contribution in [0, 0.1) is 0 Å². The van der Waals surface area contributed by atoms with Gasteiger partial charge < -0.3 is 10.4 Å². The largest absolute Gasteiger partial charge is 0.387 e. The molecule has 2 atom stereocenters. The molecule has 0 aliphatic carbocycles. The fourth-order valence-corrected chi connectivity index (χ4v) is 2.16. The molecule has 0 heterocycles. The van der Waals surface area contributed by atoms with Gasteiger partial charge in [0.15, 0.2) is 0 Å². The van der Waals surface area contributed by atoms with E-state index in [0.29, 0.717) is 5.02 Å². The third-order valence-corrected chi connectivity index (χ3v) is 3.47. The lowest BCUT2D eigenvalue weighted by Gasteiger charge is -2.23. The van der Waals surface area contributed by atoms with E-state index in [-0.39, 0.29) is 6.04 Å².